The molecule has 5 nitrogen and oxygen atoms in total. The third kappa shape index (κ3) is 6.04. The minimum atomic E-state index is -0.624. The van der Waals surface area contributed by atoms with Gasteiger partial charge in [0.15, 0.2) is 13.2 Å². The molecule has 1 atom stereocenters. The van der Waals surface area contributed by atoms with Crippen molar-refractivity contribution >= 4 is 39.4 Å². The SMILES string of the molecule is Cc1cc(OCC(=O)OCC(=O)N[C@H](C)c2ccccc2Br)ccc1Cl. The molecule has 0 heterocycles. The Morgan fingerprint density at radius 3 is 2.62 bits per heavy atom. The van der Waals surface area contributed by atoms with Gasteiger partial charge in [-0.2, -0.15) is 0 Å². The summed E-state index contributed by atoms with van der Waals surface area (Å²) in [5.74, 6) is -0.499. The van der Waals surface area contributed by atoms with Gasteiger partial charge in [0.1, 0.15) is 5.75 Å². The van der Waals surface area contributed by atoms with Crippen molar-refractivity contribution in [2.45, 2.75) is 19.9 Å². The Bertz CT molecular complexity index is 797. The third-order valence-electron chi connectivity index (χ3n) is 3.60. The van der Waals surface area contributed by atoms with Crippen molar-refractivity contribution in [3.8, 4) is 5.75 Å². The van der Waals surface area contributed by atoms with Crippen LogP contribution in [0.5, 0.6) is 5.75 Å². The second kappa shape index (κ2) is 9.59. The molecule has 0 aromatic heterocycles. The van der Waals surface area contributed by atoms with Crippen molar-refractivity contribution in [1.82, 2.24) is 5.32 Å². The molecule has 2 aromatic carbocycles. The molecule has 0 saturated heterocycles. The molecule has 0 fully saturated rings. The summed E-state index contributed by atoms with van der Waals surface area (Å²) >= 11 is 9.37. The highest BCUT2D eigenvalue weighted by molar-refractivity contribution is 9.10. The number of benzene rings is 2. The van der Waals surface area contributed by atoms with Gasteiger partial charge in [-0.25, -0.2) is 4.79 Å². The van der Waals surface area contributed by atoms with Gasteiger partial charge < -0.3 is 14.8 Å². The van der Waals surface area contributed by atoms with E-state index in [-0.39, 0.29) is 25.2 Å². The molecule has 0 radical (unpaired) electrons. The van der Waals surface area contributed by atoms with Gasteiger partial charge in [-0.15, -0.1) is 0 Å². The molecule has 1 amide bonds. The van der Waals surface area contributed by atoms with Gasteiger partial charge in [0, 0.05) is 9.50 Å². The summed E-state index contributed by atoms with van der Waals surface area (Å²) in [6.07, 6.45) is 0. The first-order valence-corrected chi connectivity index (χ1v) is 9.12. The predicted octanol–water partition coefficient (Wildman–Crippen LogP) is 4.21. The normalized spacial score (nSPS) is 11.5. The number of carbonyl (C=O) groups is 2. The first-order valence-electron chi connectivity index (χ1n) is 7.95. The Kier molecular flexibility index (Phi) is 7.48. The van der Waals surface area contributed by atoms with Crippen LogP contribution in [0.2, 0.25) is 5.02 Å². The number of carbonyl (C=O) groups excluding carboxylic acids is 2. The van der Waals surface area contributed by atoms with Crippen molar-refractivity contribution in [2.24, 2.45) is 0 Å². The Labute approximate surface area is 165 Å². The standard InChI is InChI=1S/C19H19BrClNO4/c1-12-9-14(7-8-17(12)21)25-11-19(24)26-10-18(23)22-13(2)15-5-3-4-6-16(15)20/h3-9,13H,10-11H2,1-2H3,(H,22,23)/t13-/m1/s1. The summed E-state index contributed by atoms with van der Waals surface area (Å²) in [5, 5.41) is 3.40. The zero-order valence-corrected chi connectivity index (χ0v) is 16.8. The van der Waals surface area contributed by atoms with Crippen LogP contribution in [0.3, 0.4) is 0 Å². The molecule has 1 N–H and O–H groups in total. The molecule has 0 unspecified atom stereocenters. The van der Waals surface area contributed by atoms with Crippen molar-refractivity contribution in [3.05, 3.63) is 63.1 Å². The van der Waals surface area contributed by atoms with E-state index in [0.29, 0.717) is 10.8 Å². The maximum Gasteiger partial charge on any atom is 0.344 e. The molecule has 0 aliphatic rings. The summed E-state index contributed by atoms with van der Waals surface area (Å²) in [6.45, 7) is 3.04. The van der Waals surface area contributed by atoms with Crippen molar-refractivity contribution in [3.63, 3.8) is 0 Å². The average molecular weight is 441 g/mol. The second-order valence-corrected chi connectivity index (χ2v) is 6.93. The monoisotopic (exact) mass is 439 g/mol. The van der Waals surface area contributed by atoms with Gasteiger partial charge >= 0.3 is 5.97 Å². The van der Waals surface area contributed by atoms with E-state index >= 15 is 0 Å². The molecule has 0 aliphatic carbocycles. The molecule has 26 heavy (non-hydrogen) atoms. The van der Waals surface area contributed by atoms with Crippen molar-refractivity contribution in [1.29, 1.82) is 0 Å². The lowest BCUT2D eigenvalue weighted by Crippen LogP contribution is -2.32. The zero-order chi connectivity index (χ0) is 19.1. The predicted molar refractivity (Wildman–Crippen MR) is 103 cm³/mol. The summed E-state index contributed by atoms with van der Waals surface area (Å²) in [4.78, 5) is 23.7. The average Bonchev–Trinajstić information content (AvgIpc) is 2.61. The minimum absolute atomic E-state index is 0.218. The highest BCUT2D eigenvalue weighted by Gasteiger charge is 2.14. The van der Waals surface area contributed by atoms with Crippen molar-refractivity contribution in [2.75, 3.05) is 13.2 Å². The van der Waals surface area contributed by atoms with Crippen LogP contribution < -0.4 is 10.1 Å². The Morgan fingerprint density at radius 2 is 1.92 bits per heavy atom. The van der Waals surface area contributed by atoms with Crippen LogP contribution in [-0.4, -0.2) is 25.1 Å². The van der Waals surface area contributed by atoms with Crippen LogP contribution in [0.25, 0.3) is 0 Å². The Balaban J connectivity index is 1.75. The molecule has 0 spiro atoms. The number of hydrogen-bond acceptors (Lipinski definition) is 4. The lowest BCUT2D eigenvalue weighted by molar-refractivity contribution is -0.150. The highest BCUT2D eigenvalue weighted by atomic mass is 79.9. The van der Waals surface area contributed by atoms with Gasteiger partial charge in [0.05, 0.1) is 6.04 Å². The lowest BCUT2D eigenvalue weighted by atomic mass is 10.1. The number of halogens is 2. The lowest BCUT2D eigenvalue weighted by Gasteiger charge is -2.16. The number of amides is 1. The highest BCUT2D eigenvalue weighted by Crippen LogP contribution is 2.23. The van der Waals surface area contributed by atoms with Crippen LogP contribution in [0, 0.1) is 6.92 Å². The number of hydrogen-bond donors (Lipinski definition) is 1. The van der Waals surface area contributed by atoms with Crippen LogP contribution in [0.15, 0.2) is 46.9 Å². The molecule has 2 aromatic rings. The number of aryl methyl sites for hydroxylation is 1. The number of rotatable bonds is 7. The molecular weight excluding hydrogens is 422 g/mol. The van der Waals surface area contributed by atoms with E-state index in [1.165, 1.54) is 0 Å². The molecule has 7 heteroatoms. The topological polar surface area (TPSA) is 64.6 Å². The summed E-state index contributed by atoms with van der Waals surface area (Å²) in [7, 11) is 0. The van der Waals surface area contributed by atoms with E-state index in [0.717, 1.165) is 15.6 Å². The fourth-order valence-corrected chi connectivity index (χ4v) is 2.97. The minimum Gasteiger partial charge on any atom is -0.482 e. The van der Waals surface area contributed by atoms with Gasteiger partial charge in [-0.1, -0.05) is 45.7 Å². The van der Waals surface area contributed by atoms with E-state index in [4.69, 9.17) is 21.1 Å². The van der Waals surface area contributed by atoms with Gasteiger partial charge in [-0.3, -0.25) is 4.79 Å². The quantitative estimate of drug-likeness (QED) is 0.655. The van der Waals surface area contributed by atoms with E-state index in [2.05, 4.69) is 21.2 Å². The van der Waals surface area contributed by atoms with Gasteiger partial charge in [0.25, 0.3) is 5.91 Å². The summed E-state index contributed by atoms with van der Waals surface area (Å²) in [6, 6.07) is 12.4. The smallest absolute Gasteiger partial charge is 0.344 e. The number of ether oxygens (including phenoxy) is 2. The van der Waals surface area contributed by atoms with E-state index in [1.54, 1.807) is 18.2 Å². The van der Waals surface area contributed by atoms with E-state index in [9.17, 15) is 9.59 Å². The molecular formula is C19H19BrClNO4. The number of nitrogens with one attached hydrogen (secondary N) is 1. The molecule has 138 valence electrons. The second-order valence-electron chi connectivity index (χ2n) is 5.67. The first-order chi connectivity index (χ1) is 12.4. The Hall–Kier alpha value is -2.05. The van der Waals surface area contributed by atoms with Crippen LogP contribution in [0.4, 0.5) is 0 Å². The Morgan fingerprint density at radius 1 is 1.19 bits per heavy atom. The van der Waals surface area contributed by atoms with Gasteiger partial charge in [0.2, 0.25) is 0 Å². The largest absolute Gasteiger partial charge is 0.482 e. The van der Waals surface area contributed by atoms with Crippen LogP contribution in [0.1, 0.15) is 24.1 Å². The zero-order valence-electron chi connectivity index (χ0n) is 14.4. The van der Waals surface area contributed by atoms with E-state index in [1.807, 2.05) is 38.1 Å². The van der Waals surface area contributed by atoms with Crippen LogP contribution in [-0.2, 0) is 14.3 Å². The van der Waals surface area contributed by atoms with Crippen LogP contribution >= 0.6 is 27.5 Å². The number of esters is 1. The van der Waals surface area contributed by atoms with Gasteiger partial charge in [-0.05, 0) is 49.2 Å². The molecule has 0 bridgehead atoms. The fourth-order valence-electron chi connectivity index (χ4n) is 2.22. The maximum atomic E-state index is 11.9. The third-order valence-corrected chi connectivity index (χ3v) is 4.75. The maximum absolute atomic E-state index is 11.9. The molecule has 0 saturated carbocycles. The molecule has 0 aliphatic heterocycles. The van der Waals surface area contributed by atoms with E-state index < -0.39 is 5.97 Å². The first kappa shape index (κ1) is 20.3. The summed E-state index contributed by atoms with van der Waals surface area (Å²) in [5.41, 5.74) is 1.78. The summed E-state index contributed by atoms with van der Waals surface area (Å²) < 4.78 is 11.2. The molecule has 2 rings (SSSR count). The van der Waals surface area contributed by atoms with Crippen molar-refractivity contribution < 1.29 is 19.1 Å². The fraction of sp³-hybridized carbons (Fsp3) is 0.263.